The van der Waals surface area contributed by atoms with Gasteiger partial charge in [0, 0.05) is 43.9 Å². The number of hydrogen-bond donors (Lipinski definition) is 1. The van der Waals surface area contributed by atoms with Crippen molar-refractivity contribution in [2.24, 2.45) is 13.0 Å². The Morgan fingerprint density at radius 3 is 2.52 bits per heavy atom. The summed E-state index contributed by atoms with van der Waals surface area (Å²) in [5, 5.41) is 7.70. The molecule has 0 saturated carbocycles. The number of hydrogen-bond acceptors (Lipinski definition) is 4. The molecular weight excluding hydrogens is 264 g/mol. The number of nitrogens with one attached hydrogen (secondary N) is 1. The summed E-state index contributed by atoms with van der Waals surface area (Å²) < 4.78 is 8.15. The molecule has 120 valence electrons. The molecule has 1 aliphatic heterocycles. The van der Waals surface area contributed by atoms with Crippen LogP contribution in [0.4, 0.5) is 0 Å². The fourth-order valence-electron chi connectivity index (χ4n) is 3.84. The zero-order chi connectivity index (χ0) is 15.8. The first kappa shape index (κ1) is 16.5. The molecule has 1 N–H and O–H groups in total. The van der Waals surface area contributed by atoms with Crippen LogP contribution in [0.25, 0.3) is 0 Å². The Labute approximate surface area is 128 Å². The van der Waals surface area contributed by atoms with Crippen molar-refractivity contribution < 1.29 is 4.74 Å². The van der Waals surface area contributed by atoms with Gasteiger partial charge < -0.3 is 15.0 Å². The Morgan fingerprint density at radius 1 is 1.33 bits per heavy atom. The van der Waals surface area contributed by atoms with Crippen molar-refractivity contribution in [2.75, 3.05) is 20.6 Å². The van der Waals surface area contributed by atoms with Crippen molar-refractivity contribution in [3.8, 4) is 0 Å². The van der Waals surface area contributed by atoms with Gasteiger partial charge in [-0.05, 0) is 41.8 Å². The van der Waals surface area contributed by atoms with Crippen LogP contribution in [0, 0.1) is 5.92 Å². The van der Waals surface area contributed by atoms with Crippen LogP contribution in [-0.4, -0.2) is 52.6 Å². The smallest absolute Gasteiger partial charge is 0.0790 e. The number of likely N-dealkylation sites (N-methyl/N-ethyl adjacent to an activating group) is 1. The van der Waals surface area contributed by atoms with Gasteiger partial charge in [-0.25, -0.2) is 0 Å². The largest absolute Gasteiger partial charge is 0.368 e. The lowest BCUT2D eigenvalue weighted by Crippen LogP contribution is -2.49. The monoisotopic (exact) mass is 294 g/mol. The Hall–Kier alpha value is -0.910. The van der Waals surface area contributed by atoms with Crippen molar-refractivity contribution in [1.82, 2.24) is 20.0 Å². The molecule has 2 atom stereocenters. The van der Waals surface area contributed by atoms with Crippen molar-refractivity contribution >= 4 is 0 Å². The maximum atomic E-state index is 6.30. The topological polar surface area (TPSA) is 42.3 Å². The third kappa shape index (κ3) is 3.47. The Kier molecular flexibility index (Phi) is 4.47. The van der Waals surface area contributed by atoms with Crippen molar-refractivity contribution in [3.63, 3.8) is 0 Å². The SMILES string of the molecule is CNC1C(CN(C)Cc2cnn(C)c2)C(C)(C)OC1(C)C. The van der Waals surface area contributed by atoms with Gasteiger partial charge in [0.05, 0.1) is 17.4 Å². The maximum Gasteiger partial charge on any atom is 0.0790 e. The first-order chi connectivity index (χ1) is 9.65. The highest BCUT2D eigenvalue weighted by Crippen LogP contribution is 2.42. The molecule has 2 unspecified atom stereocenters. The molecule has 1 aromatic heterocycles. The van der Waals surface area contributed by atoms with Crippen LogP contribution in [-0.2, 0) is 18.3 Å². The minimum atomic E-state index is -0.141. The summed E-state index contributed by atoms with van der Waals surface area (Å²) in [6, 6.07) is 0.351. The molecule has 0 bridgehead atoms. The first-order valence-electron chi connectivity index (χ1n) is 7.69. The molecule has 1 fully saturated rings. The van der Waals surface area contributed by atoms with Gasteiger partial charge in [-0.2, -0.15) is 5.10 Å². The molecular formula is C16H30N4O. The quantitative estimate of drug-likeness (QED) is 0.896. The van der Waals surface area contributed by atoms with E-state index in [0.29, 0.717) is 12.0 Å². The van der Waals surface area contributed by atoms with E-state index < -0.39 is 0 Å². The normalized spacial score (nSPS) is 27.4. The van der Waals surface area contributed by atoms with E-state index in [1.54, 1.807) is 0 Å². The van der Waals surface area contributed by atoms with Gasteiger partial charge in [-0.15, -0.1) is 0 Å². The van der Waals surface area contributed by atoms with E-state index in [9.17, 15) is 0 Å². The number of aromatic nitrogens is 2. The van der Waals surface area contributed by atoms with Crippen LogP contribution in [0.2, 0.25) is 0 Å². The van der Waals surface area contributed by atoms with Crippen molar-refractivity contribution in [3.05, 3.63) is 18.0 Å². The second-order valence-corrected chi connectivity index (χ2v) is 7.40. The Bertz CT molecular complexity index is 480. The highest BCUT2D eigenvalue weighted by atomic mass is 16.5. The van der Waals surface area contributed by atoms with Gasteiger partial charge >= 0.3 is 0 Å². The summed E-state index contributed by atoms with van der Waals surface area (Å²) in [4.78, 5) is 2.36. The average molecular weight is 294 g/mol. The lowest BCUT2D eigenvalue weighted by Gasteiger charge is -2.32. The summed E-state index contributed by atoms with van der Waals surface area (Å²) in [6.45, 7) is 10.7. The van der Waals surface area contributed by atoms with Gasteiger partial charge in [-0.1, -0.05) is 0 Å². The average Bonchev–Trinajstić information content (AvgIpc) is 2.78. The van der Waals surface area contributed by atoms with Gasteiger partial charge in [-0.3, -0.25) is 4.68 Å². The molecule has 0 spiro atoms. The molecule has 2 heterocycles. The molecule has 0 amide bonds. The molecule has 0 aromatic carbocycles. The van der Waals surface area contributed by atoms with Crippen LogP contribution in [0.5, 0.6) is 0 Å². The van der Waals surface area contributed by atoms with Gasteiger partial charge in [0.15, 0.2) is 0 Å². The molecule has 5 nitrogen and oxygen atoms in total. The molecule has 21 heavy (non-hydrogen) atoms. The van der Waals surface area contributed by atoms with Crippen LogP contribution in [0.3, 0.4) is 0 Å². The van der Waals surface area contributed by atoms with Crippen molar-refractivity contribution in [2.45, 2.75) is 51.5 Å². The van der Waals surface area contributed by atoms with E-state index in [0.717, 1.165) is 13.1 Å². The number of nitrogens with zero attached hydrogens (tertiary/aromatic N) is 3. The lowest BCUT2D eigenvalue weighted by molar-refractivity contribution is -0.0791. The van der Waals surface area contributed by atoms with Gasteiger partial charge in [0.2, 0.25) is 0 Å². The van der Waals surface area contributed by atoms with Gasteiger partial charge in [0.1, 0.15) is 0 Å². The third-order valence-electron chi connectivity index (χ3n) is 4.60. The molecule has 0 aliphatic carbocycles. The zero-order valence-corrected chi connectivity index (χ0v) is 14.5. The lowest BCUT2D eigenvalue weighted by atomic mass is 9.82. The van der Waals surface area contributed by atoms with Crippen molar-refractivity contribution in [1.29, 1.82) is 0 Å². The summed E-state index contributed by atoms with van der Waals surface area (Å²) in [7, 11) is 6.16. The summed E-state index contributed by atoms with van der Waals surface area (Å²) in [5.74, 6) is 0.444. The molecule has 2 rings (SSSR count). The molecule has 0 radical (unpaired) electrons. The number of aryl methyl sites for hydroxylation is 1. The zero-order valence-electron chi connectivity index (χ0n) is 14.5. The summed E-state index contributed by atoms with van der Waals surface area (Å²) >= 11 is 0. The number of rotatable bonds is 5. The van der Waals surface area contributed by atoms with Crippen LogP contribution < -0.4 is 5.32 Å². The summed E-state index contributed by atoms with van der Waals surface area (Å²) in [6.07, 6.45) is 4.01. The van der Waals surface area contributed by atoms with Crippen LogP contribution in [0.1, 0.15) is 33.3 Å². The third-order valence-corrected chi connectivity index (χ3v) is 4.60. The highest BCUT2D eigenvalue weighted by Gasteiger charge is 2.53. The Morgan fingerprint density at radius 2 is 2.00 bits per heavy atom. The van der Waals surface area contributed by atoms with E-state index in [4.69, 9.17) is 4.74 Å². The second kappa shape index (κ2) is 5.71. The molecule has 5 heteroatoms. The van der Waals surface area contributed by atoms with E-state index in [1.165, 1.54) is 5.56 Å². The van der Waals surface area contributed by atoms with Gasteiger partial charge in [0.25, 0.3) is 0 Å². The standard InChI is InChI=1S/C16H30N4O/c1-15(2)13(14(17-5)16(3,4)21-15)11-19(6)9-12-8-18-20(7)10-12/h8,10,13-14,17H,9,11H2,1-7H3. The minimum absolute atomic E-state index is 0.125. The van der Waals surface area contributed by atoms with E-state index in [1.807, 2.05) is 25.0 Å². The predicted octanol–water partition coefficient (Wildman–Crippen LogP) is 1.64. The van der Waals surface area contributed by atoms with Crippen LogP contribution >= 0.6 is 0 Å². The Balaban J connectivity index is 2.06. The molecule has 1 saturated heterocycles. The van der Waals surface area contributed by atoms with E-state index in [2.05, 4.69) is 56.3 Å². The highest BCUT2D eigenvalue weighted by molar-refractivity contribution is 5.07. The fourth-order valence-corrected chi connectivity index (χ4v) is 3.84. The predicted molar refractivity (Wildman–Crippen MR) is 85.1 cm³/mol. The first-order valence-corrected chi connectivity index (χ1v) is 7.69. The molecule has 1 aliphatic rings. The minimum Gasteiger partial charge on any atom is -0.368 e. The van der Waals surface area contributed by atoms with Crippen LogP contribution in [0.15, 0.2) is 12.4 Å². The van der Waals surface area contributed by atoms with E-state index in [-0.39, 0.29) is 11.2 Å². The molecule has 1 aromatic rings. The summed E-state index contributed by atoms with van der Waals surface area (Å²) in [5.41, 5.74) is 0.982. The number of ether oxygens (including phenoxy) is 1. The maximum absolute atomic E-state index is 6.30. The fraction of sp³-hybridized carbons (Fsp3) is 0.812. The van der Waals surface area contributed by atoms with E-state index >= 15 is 0 Å². The second-order valence-electron chi connectivity index (χ2n) is 7.40.